The Morgan fingerprint density at radius 3 is 2.74 bits per heavy atom. The molecule has 27 heavy (non-hydrogen) atoms. The maximum Gasteiger partial charge on any atom is 0.248 e. The van der Waals surface area contributed by atoms with E-state index >= 15 is 0 Å². The molecular formula is C22H22F3NO. The van der Waals surface area contributed by atoms with Gasteiger partial charge in [0.05, 0.1) is 11.8 Å². The smallest absolute Gasteiger partial charge is 0.248 e. The molecule has 0 unspecified atom stereocenters. The highest BCUT2D eigenvalue weighted by Gasteiger charge is 2.49. The monoisotopic (exact) mass is 373 g/mol. The number of hydrogen-bond donors (Lipinski definition) is 1. The van der Waals surface area contributed by atoms with Gasteiger partial charge in [0.25, 0.3) is 0 Å². The minimum absolute atomic E-state index is 0.0915. The number of aliphatic hydroxyl groups excluding tert-OH is 1. The van der Waals surface area contributed by atoms with Gasteiger partial charge in [0.2, 0.25) is 5.92 Å². The number of hydrogen-bond acceptors (Lipinski definition) is 2. The van der Waals surface area contributed by atoms with Crippen molar-refractivity contribution in [1.29, 1.82) is 0 Å². The van der Waals surface area contributed by atoms with Crippen LogP contribution in [0.4, 0.5) is 13.2 Å². The van der Waals surface area contributed by atoms with Gasteiger partial charge in [0.1, 0.15) is 5.82 Å². The van der Waals surface area contributed by atoms with Gasteiger partial charge in [0.15, 0.2) is 0 Å². The zero-order valence-electron chi connectivity index (χ0n) is 14.9. The Morgan fingerprint density at radius 2 is 2.00 bits per heavy atom. The number of rotatable bonds is 3. The van der Waals surface area contributed by atoms with Crippen LogP contribution in [0, 0.1) is 23.6 Å². The maximum atomic E-state index is 13.6. The van der Waals surface area contributed by atoms with Crippen LogP contribution < -0.4 is 0 Å². The first-order valence-corrected chi connectivity index (χ1v) is 9.37. The summed E-state index contributed by atoms with van der Waals surface area (Å²) in [6.45, 7) is 0. The van der Waals surface area contributed by atoms with Crippen molar-refractivity contribution >= 4 is 6.08 Å². The number of benzene rings is 1. The van der Waals surface area contributed by atoms with E-state index in [0.29, 0.717) is 12.8 Å². The Morgan fingerprint density at radius 1 is 1.15 bits per heavy atom. The largest absolute Gasteiger partial charge is 0.392 e. The molecule has 2 fully saturated rings. The summed E-state index contributed by atoms with van der Waals surface area (Å²) in [5.41, 5.74) is 2.31. The van der Waals surface area contributed by atoms with Gasteiger partial charge in [-0.3, -0.25) is 4.98 Å². The average molecular weight is 373 g/mol. The molecule has 0 spiro atoms. The van der Waals surface area contributed by atoms with Crippen LogP contribution in [0.15, 0.2) is 48.7 Å². The molecule has 0 saturated heterocycles. The lowest BCUT2D eigenvalue weighted by atomic mass is 9.76. The van der Waals surface area contributed by atoms with Crippen molar-refractivity contribution in [2.24, 2.45) is 17.8 Å². The topological polar surface area (TPSA) is 33.1 Å². The first kappa shape index (κ1) is 18.2. The van der Waals surface area contributed by atoms with Gasteiger partial charge in [0, 0.05) is 30.5 Å². The summed E-state index contributed by atoms with van der Waals surface area (Å²) in [7, 11) is 0. The molecule has 142 valence electrons. The van der Waals surface area contributed by atoms with Crippen LogP contribution in [0.2, 0.25) is 0 Å². The summed E-state index contributed by atoms with van der Waals surface area (Å²) >= 11 is 0. The van der Waals surface area contributed by atoms with Gasteiger partial charge in [-0.2, -0.15) is 0 Å². The Hall–Kier alpha value is -2.14. The fraction of sp³-hybridized carbons (Fsp3) is 0.409. The third-order valence-electron chi connectivity index (χ3n) is 5.93. The van der Waals surface area contributed by atoms with Crippen molar-refractivity contribution in [3.63, 3.8) is 0 Å². The highest BCUT2D eigenvalue weighted by Crippen LogP contribution is 2.51. The Bertz CT molecular complexity index is 834. The quantitative estimate of drug-likeness (QED) is 0.788. The second-order valence-electron chi connectivity index (χ2n) is 7.74. The van der Waals surface area contributed by atoms with Gasteiger partial charge < -0.3 is 5.11 Å². The molecule has 1 heterocycles. The van der Waals surface area contributed by atoms with Crippen molar-refractivity contribution in [2.75, 3.05) is 0 Å². The Balaban J connectivity index is 1.47. The summed E-state index contributed by atoms with van der Waals surface area (Å²) in [6.07, 6.45) is 5.57. The molecule has 5 heteroatoms. The first-order chi connectivity index (χ1) is 12.9. The van der Waals surface area contributed by atoms with E-state index in [1.54, 1.807) is 12.3 Å². The van der Waals surface area contributed by atoms with Crippen LogP contribution in [0.5, 0.6) is 0 Å². The number of aromatic nitrogens is 1. The number of pyridine rings is 1. The van der Waals surface area contributed by atoms with Crippen LogP contribution in [0.3, 0.4) is 0 Å². The summed E-state index contributed by atoms with van der Waals surface area (Å²) in [4.78, 5) is 4.39. The van der Waals surface area contributed by atoms with Crippen LogP contribution in [0.1, 0.15) is 31.4 Å². The van der Waals surface area contributed by atoms with Crippen molar-refractivity contribution in [2.45, 2.75) is 37.7 Å². The van der Waals surface area contributed by atoms with E-state index in [0.717, 1.165) is 16.8 Å². The average Bonchev–Trinajstić information content (AvgIpc) is 2.93. The van der Waals surface area contributed by atoms with Gasteiger partial charge in [-0.25, -0.2) is 13.2 Å². The van der Waals surface area contributed by atoms with Crippen molar-refractivity contribution < 1.29 is 18.3 Å². The Kier molecular flexibility index (Phi) is 4.81. The molecule has 2 aliphatic rings. The first-order valence-electron chi connectivity index (χ1n) is 9.37. The second-order valence-corrected chi connectivity index (χ2v) is 7.74. The molecule has 2 aliphatic carbocycles. The van der Waals surface area contributed by atoms with E-state index in [2.05, 4.69) is 4.98 Å². The molecule has 1 N–H and O–H groups in total. The predicted octanol–water partition coefficient (Wildman–Crippen LogP) is 5.33. The van der Waals surface area contributed by atoms with E-state index < -0.39 is 12.0 Å². The molecule has 0 amide bonds. The minimum atomic E-state index is -2.59. The molecular weight excluding hydrogens is 351 g/mol. The van der Waals surface area contributed by atoms with E-state index in [4.69, 9.17) is 0 Å². The summed E-state index contributed by atoms with van der Waals surface area (Å²) in [5, 5.41) is 10.3. The fourth-order valence-corrected chi connectivity index (χ4v) is 4.59. The molecule has 0 aliphatic heterocycles. The summed E-state index contributed by atoms with van der Waals surface area (Å²) < 4.78 is 40.6. The maximum absolute atomic E-state index is 13.6. The van der Waals surface area contributed by atoms with Crippen LogP contribution in [-0.4, -0.2) is 22.1 Å². The molecule has 1 aromatic heterocycles. The predicted molar refractivity (Wildman–Crippen MR) is 98.6 cm³/mol. The van der Waals surface area contributed by atoms with Crippen LogP contribution in [-0.2, 0) is 0 Å². The molecule has 1 aromatic carbocycles. The SMILES string of the molecule is O[C@H]1C[C@@H]2CC(F)(F)CC[C@H]2[C@@H]1/C=C/c1ccc(-c2cccc(F)c2)cn1. The lowest BCUT2D eigenvalue weighted by Gasteiger charge is -2.33. The van der Waals surface area contributed by atoms with E-state index in [1.165, 1.54) is 12.1 Å². The van der Waals surface area contributed by atoms with Crippen molar-refractivity contribution in [1.82, 2.24) is 4.98 Å². The molecule has 0 radical (unpaired) electrons. The molecule has 2 saturated carbocycles. The number of halogens is 3. The zero-order valence-corrected chi connectivity index (χ0v) is 14.9. The molecule has 0 bridgehead atoms. The van der Waals surface area contributed by atoms with E-state index in [9.17, 15) is 18.3 Å². The molecule has 2 nitrogen and oxygen atoms in total. The highest BCUT2D eigenvalue weighted by atomic mass is 19.3. The zero-order chi connectivity index (χ0) is 19.0. The molecule has 4 atom stereocenters. The lowest BCUT2D eigenvalue weighted by molar-refractivity contribution is -0.0659. The van der Waals surface area contributed by atoms with Crippen molar-refractivity contribution in [3.05, 3.63) is 60.2 Å². The summed E-state index contributed by atoms with van der Waals surface area (Å²) in [6, 6.07) is 10.0. The van der Waals surface area contributed by atoms with Crippen LogP contribution >= 0.6 is 0 Å². The van der Waals surface area contributed by atoms with E-state index in [1.807, 2.05) is 30.4 Å². The number of fused-ring (bicyclic) bond motifs is 1. The van der Waals surface area contributed by atoms with E-state index in [-0.39, 0.29) is 36.4 Å². The number of nitrogens with zero attached hydrogens (tertiary/aromatic N) is 1. The fourth-order valence-electron chi connectivity index (χ4n) is 4.59. The van der Waals surface area contributed by atoms with Gasteiger partial charge in [-0.05, 0) is 54.5 Å². The lowest BCUT2D eigenvalue weighted by Crippen LogP contribution is -2.31. The number of alkyl halides is 2. The molecule has 2 aromatic rings. The second kappa shape index (κ2) is 7.12. The van der Waals surface area contributed by atoms with Gasteiger partial charge in [-0.15, -0.1) is 0 Å². The number of aliphatic hydroxyl groups is 1. The standard InChI is InChI=1S/C22H22F3NO/c23-17-3-1-2-14(10-17)15-4-5-18(26-13-15)6-7-20-19-8-9-22(24,25)12-16(19)11-21(20)27/h1-7,10,13,16,19-21,27H,8-9,11-12H2/b7-6+/t16-,19-,20+,21+/m1/s1. The van der Waals surface area contributed by atoms with Gasteiger partial charge in [-0.1, -0.05) is 24.3 Å². The normalized spacial score (nSPS) is 29.8. The van der Waals surface area contributed by atoms with Crippen LogP contribution in [0.25, 0.3) is 17.2 Å². The summed E-state index contributed by atoms with van der Waals surface area (Å²) in [5.74, 6) is -2.98. The molecule has 4 rings (SSSR count). The minimum Gasteiger partial charge on any atom is -0.392 e. The van der Waals surface area contributed by atoms with Crippen molar-refractivity contribution in [3.8, 4) is 11.1 Å². The Labute approximate surface area is 156 Å². The third-order valence-corrected chi connectivity index (χ3v) is 5.93. The highest BCUT2D eigenvalue weighted by molar-refractivity contribution is 5.63. The van der Waals surface area contributed by atoms with Gasteiger partial charge >= 0.3 is 0 Å². The third kappa shape index (κ3) is 3.93.